The molecule has 0 bridgehead atoms. The second-order valence-electron chi connectivity index (χ2n) is 4.70. The fraction of sp³-hybridized carbons (Fsp3) is 0.727. The number of nitrogens with zero attached hydrogens (tertiary/aromatic N) is 2. The van der Waals surface area contributed by atoms with Gasteiger partial charge in [-0.3, -0.25) is 14.6 Å². The molecule has 2 amide bonds. The molecule has 7 nitrogen and oxygen atoms in total. The first kappa shape index (κ1) is 12.7. The smallest absolute Gasteiger partial charge is 0.245 e. The normalized spacial score (nSPS) is 26.8. The first-order valence-electron chi connectivity index (χ1n) is 6.26. The highest BCUT2D eigenvalue weighted by Gasteiger charge is 2.42. The number of rotatable bonds is 4. The first-order chi connectivity index (χ1) is 8.59. The number of piperazine rings is 1. The zero-order valence-corrected chi connectivity index (χ0v) is 10.3. The minimum Gasteiger partial charge on any atom is -0.370 e. The van der Waals surface area contributed by atoms with E-state index < -0.39 is 6.04 Å². The van der Waals surface area contributed by atoms with Gasteiger partial charge in [-0.05, 0) is 25.7 Å². The third-order valence-electron chi connectivity index (χ3n) is 3.40. The van der Waals surface area contributed by atoms with Crippen LogP contribution < -0.4 is 16.8 Å². The van der Waals surface area contributed by atoms with E-state index in [4.69, 9.17) is 11.5 Å². The third kappa shape index (κ3) is 2.55. The molecule has 100 valence electrons. The molecule has 0 aromatic heterocycles. The molecule has 5 N–H and O–H groups in total. The molecule has 0 radical (unpaired) electrons. The van der Waals surface area contributed by atoms with Crippen molar-refractivity contribution >= 4 is 17.8 Å². The van der Waals surface area contributed by atoms with Crippen LogP contribution in [-0.4, -0.2) is 47.8 Å². The standard InChI is InChI=1S/C11H19N5O2/c12-11(13)14-5-1-3-7-10(18)16-6-2-4-8(16)9(17)15-7/h7-8H,1-6H2,(H,15,17)(H4,12,13,14)/t7-,8-/m1/s1. The minimum absolute atomic E-state index is 0.0288. The summed E-state index contributed by atoms with van der Waals surface area (Å²) >= 11 is 0. The molecule has 0 saturated carbocycles. The molecule has 2 aliphatic rings. The summed E-state index contributed by atoms with van der Waals surface area (Å²) in [6.07, 6.45) is 2.93. The number of fused-ring (bicyclic) bond motifs is 1. The quantitative estimate of drug-likeness (QED) is 0.322. The molecule has 7 heteroatoms. The second-order valence-corrected chi connectivity index (χ2v) is 4.70. The van der Waals surface area contributed by atoms with Crippen LogP contribution in [0.5, 0.6) is 0 Å². The third-order valence-corrected chi connectivity index (χ3v) is 3.40. The van der Waals surface area contributed by atoms with Gasteiger partial charge in [0.25, 0.3) is 0 Å². The van der Waals surface area contributed by atoms with Crippen LogP contribution in [0.3, 0.4) is 0 Å². The average molecular weight is 253 g/mol. The van der Waals surface area contributed by atoms with Crippen molar-refractivity contribution in [3.05, 3.63) is 0 Å². The Morgan fingerprint density at radius 1 is 1.44 bits per heavy atom. The van der Waals surface area contributed by atoms with Crippen molar-refractivity contribution in [3.63, 3.8) is 0 Å². The Morgan fingerprint density at radius 2 is 2.22 bits per heavy atom. The fourth-order valence-electron chi connectivity index (χ4n) is 2.53. The summed E-state index contributed by atoms with van der Waals surface area (Å²) in [5.74, 6) is 0.0503. The van der Waals surface area contributed by atoms with Gasteiger partial charge in [-0.1, -0.05) is 0 Å². The highest BCUT2D eigenvalue weighted by Crippen LogP contribution is 2.23. The van der Waals surface area contributed by atoms with E-state index in [9.17, 15) is 9.59 Å². The van der Waals surface area contributed by atoms with Gasteiger partial charge < -0.3 is 21.7 Å². The molecular weight excluding hydrogens is 234 g/mol. The molecule has 2 saturated heterocycles. The van der Waals surface area contributed by atoms with E-state index in [1.807, 2.05) is 0 Å². The van der Waals surface area contributed by atoms with Crippen molar-refractivity contribution in [2.45, 2.75) is 37.8 Å². The van der Waals surface area contributed by atoms with Gasteiger partial charge in [0, 0.05) is 13.1 Å². The predicted octanol–water partition coefficient (Wildman–Crippen LogP) is -1.47. The van der Waals surface area contributed by atoms with Crippen molar-refractivity contribution in [3.8, 4) is 0 Å². The molecule has 2 fully saturated rings. The van der Waals surface area contributed by atoms with Crippen molar-refractivity contribution in [2.24, 2.45) is 16.5 Å². The Kier molecular flexibility index (Phi) is 3.69. The molecule has 0 aliphatic carbocycles. The van der Waals surface area contributed by atoms with E-state index >= 15 is 0 Å². The molecule has 0 spiro atoms. The number of nitrogens with one attached hydrogen (secondary N) is 1. The maximum absolute atomic E-state index is 12.1. The van der Waals surface area contributed by atoms with E-state index in [-0.39, 0.29) is 23.8 Å². The Bertz CT molecular complexity index is 378. The number of hydrogen-bond acceptors (Lipinski definition) is 3. The lowest BCUT2D eigenvalue weighted by molar-refractivity contribution is -0.147. The number of amides is 2. The van der Waals surface area contributed by atoms with Crippen LogP contribution in [0.1, 0.15) is 25.7 Å². The molecule has 2 atom stereocenters. The summed E-state index contributed by atoms with van der Waals surface area (Å²) in [6, 6.07) is -0.660. The number of nitrogens with two attached hydrogens (primary N) is 2. The van der Waals surface area contributed by atoms with Gasteiger partial charge in [0.15, 0.2) is 5.96 Å². The molecule has 0 aromatic carbocycles. The zero-order valence-electron chi connectivity index (χ0n) is 10.3. The molecular formula is C11H19N5O2. The summed E-state index contributed by atoms with van der Waals surface area (Å²) in [4.78, 5) is 29.5. The lowest BCUT2D eigenvalue weighted by Gasteiger charge is -2.34. The van der Waals surface area contributed by atoms with Gasteiger partial charge in [0.05, 0.1) is 0 Å². The monoisotopic (exact) mass is 253 g/mol. The molecule has 2 rings (SSSR count). The molecule has 0 unspecified atom stereocenters. The summed E-state index contributed by atoms with van der Waals surface area (Å²) < 4.78 is 0. The summed E-state index contributed by atoms with van der Waals surface area (Å²) in [6.45, 7) is 1.17. The number of guanidine groups is 1. The Morgan fingerprint density at radius 3 is 2.94 bits per heavy atom. The Balaban J connectivity index is 1.87. The van der Waals surface area contributed by atoms with Crippen molar-refractivity contribution in [1.82, 2.24) is 10.2 Å². The first-order valence-corrected chi connectivity index (χ1v) is 6.26. The van der Waals surface area contributed by atoms with Crippen LogP contribution in [0, 0.1) is 0 Å². The average Bonchev–Trinajstić information content (AvgIpc) is 2.80. The fourth-order valence-corrected chi connectivity index (χ4v) is 2.53. The van der Waals surface area contributed by atoms with Crippen LogP contribution in [0.25, 0.3) is 0 Å². The number of aliphatic imine (C=N–C) groups is 1. The predicted molar refractivity (Wildman–Crippen MR) is 66.6 cm³/mol. The highest BCUT2D eigenvalue weighted by atomic mass is 16.2. The SMILES string of the molecule is NC(N)=NCCC[C@H]1NC(=O)[C@H]2CCCN2C1=O. The van der Waals surface area contributed by atoms with Crippen molar-refractivity contribution in [2.75, 3.05) is 13.1 Å². The van der Waals surface area contributed by atoms with Crippen LogP contribution >= 0.6 is 0 Å². The highest BCUT2D eigenvalue weighted by molar-refractivity contribution is 5.97. The maximum atomic E-state index is 12.1. The van der Waals surface area contributed by atoms with Crippen LogP contribution in [0.15, 0.2) is 4.99 Å². The summed E-state index contributed by atoms with van der Waals surface area (Å²) in [5.41, 5.74) is 10.4. The maximum Gasteiger partial charge on any atom is 0.245 e. The van der Waals surface area contributed by atoms with E-state index in [2.05, 4.69) is 10.3 Å². The van der Waals surface area contributed by atoms with Crippen LogP contribution in [0.4, 0.5) is 0 Å². The second kappa shape index (κ2) is 5.24. The Hall–Kier alpha value is -1.79. The number of carbonyl (C=O) groups excluding carboxylic acids is 2. The summed E-state index contributed by atoms with van der Waals surface area (Å²) in [7, 11) is 0. The van der Waals surface area contributed by atoms with Gasteiger partial charge in [0.2, 0.25) is 11.8 Å². The van der Waals surface area contributed by atoms with Gasteiger partial charge in [0.1, 0.15) is 12.1 Å². The van der Waals surface area contributed by atoms with E-state index in [1.54, 1.807) is 4.90 Å². The van der Waals surface area contributed by atoms with Gasteiger partial charge >= 0.3 is 0 Å². The largest absolute Gasteiger partial charge is 0.370 e. The topological polar surface area (TPSA) is 114 Å². The van der Waals surface area contributed by atoms with E-state index in [1.165, 1.54) is 0 Å². The van der Waals surface area contributed by atoms with Crippen molar-refractivity contribution in [1.29, 1.82) is 0 Å². The van der Waals surface area contributed by atoms with Gasteiger partial charge in [-0.2, -0.15) is 0 Å². The summed E-state index contributed by atoms with van der Waals surface area (Å²) in [5, 5.41) is 2.78. The lowest BCUT2D eigenvalue weighted by atomic mass is 10.0. The Labute approximate surface area is 106 Å². The van der Waals surface area contributed by atoms with Crippen molar-refractivity contribution < 1.29 is 9.59 Å². The van der Waals surface area contributed by atoms with E-state index in [0.717, 1.165) is 12.8 Å². The molecule has 0 aromatic rings. The molecule has 2 aliphatic heterocycles. The van der Waals surface area contributed by atoms with Crippen LogP contribution in [0.2, 0.25) is 0 Å². The zero-order chi connectivity index (χ0) is 13.1. The molecule has 2 heterocycles. The van der Waals surface area contributed by atoms with E-state index in [0.29, 0.717) is 25.9 Å². The lowest BCUT2D eigenvalue weighted by Crippen LogP contribution is -2.61. The number of carbonyl (C=O) groups is 2. The van der Waals surface area contributed by atoms with Gasteiger partial charge in [-0.15, -0.1) is 0 Å². The molecule has 18 heavy (non-hydrogen) atoms. The minimum atomic E-state index is -0.416. The van der Waals surface area contributed by atoms with Crippen LogP contribution in [-0.2, 0) is 9.59 Å². The van der Waals surface area contributed by atoms with Gasteiger partial charge in [-0.25, -0.2) is 0 Å². The number of hydrogen-bond donors (Lipinski definition) is 3.